The smallest absolute Gasteiger partial charge is 0.335 e. The molecule has 0 radical (unpaired) electrons. The Morgan fingerprint density at radius 2 is 2.38 bits per heavy atom. The highest BCUT2D eigenvalue weighted by Gasteiger charge is 2.05. The van der Waals surface area contributed by atoms with Gasteiger partial charge in [-0.05, 0) is 19.1 Å². The van der Waals surface area contributed by atoms with Crippen LogP contribution in [0.5, 0.6) is 0 Å². The Bertz CT molecular complexity index is 524. The molecular weight excluding hydrogens is 226 g/mol. The molecule has 2 N–H and O–H groups in total. The largest absolute Gasteiger partial charge is 0.478 e. The number of hydrogen-bond acceptors (Lipinski definition) is 5. The molecule has 0 saturated carbocycles. The number of thiazole rings is 1. The number of nitrogens with zero attached hydrogens (tertiary/aromatic N) is 2. The van der Waals surface area contributed by atoms with E-state index in [1.165, 1.54) is 29.7 Å². The van der Waals surface area contributed by atoms with Crippen molar-refractivity contribution < 1.29 is 9.90 Å². The maximum atomic E-state index is 10.7. The summed E-state index contributed by atoms with van der Waals surface area (Å²) in [5.74, 6) is -0.491. The van der Waals surface area contributed by atoms with Crippen LogP contribution in [-0.2, 0) is 0 Å². The van der Waals surface area contributed by atoms with Crippen molar-refractivity contribution in [2.45, 2.75) is 6.92 Å². The average molecular weight is 235 g/mol. The van der Waals surface area contributed by atoms with Gasteiger partial charge in [0.25, 0.3) is 0 Å². The SMILES string of the molecule is Cc1csc(Nc2cc(C(=O)O)ccn2)n1. The lowest BCUT2D eigenvalue weighted by molar-refractivity contribution is 0.0697. The van der Waals surface area contributed by atoms with Crippen molar-refractivity contribution in [3.05, 3.63) is 35.0 Å². The van der Waals surface area contributed by atoms with Gasteiger partial charge >= 0.3 is 5.97 Å². The number of aromatic nitrogens is 2. The molecule has 0 aliphatic heterocycles. The molecule has 0 aliphatic rings. The van der Waals surface area contributed by atoms with Crippen LogP contribution in [0, 0.1) is 6.92 Å². The fourth-order valence-electron chi connectivity index (χ4n) is 1.15. The van der Waals surface area contributed by atoms with Gasteiger partial charge in [0, 0.05) is 11.6 Å². The van der Waals surface area contributed by atoms with E-state index in [1.54, 1.807) is 0 Å². The van der Waals surface area contributed by atoms with Crippen LogP contribution in [0.3, 0.4) is 0 Å². The average Bonchev–Trinajstić information content (AvgIpc) is 2.64. The van der Waals surface area contributed by atoms with Gasteiger partial charge in [0.2, 0.25) is 0 Å². The highest BCUT2D eigenvalue weighted by Crippen LogP contribution is 2.19. The second kappa shape index (κ2) is 4.28. The Labute approximate surface area is 95.8 Å². The molecule has 0 bridgehead atoms. The molecule has 82 valence electrons. The molecule has 2 heterocycles. The van der Waals surface area contributed by atoms with Crippen LogP contribution in [0.2, 0.25) is 0 Å². The number of carboxylic acids is 1. The lowest BCUT2D eigenvalue weighted by Crippen LogP contribution is -1.99. The van der Waals surface area contributed by atoms with E-state index >= 15 is 0 Å². The van der Waals surface area contributed by atoms with Crippen molar-refractivity contribution >= 4 is 28.3 Å². The summed E-state index contributed by atoms with van der Waals surface area (Å²) in [7, 11) is 0. The predicted molar refractivity (Wildman–Crippen MR) is 61.3 cm³/mol. The predicted octanol–water partition coefficient (Wildman–Crippen LogP) is 2.29. The maximum Gasteiger partial charge on any atom is 0.335 e. The Kier molecular flexibility index (Phi) is 2.82. The third kappa shape index (κ3) is 2.34. The van der Waals surface area contributed by atoms with Crippen LogP contribution in [0.4, 0.5) is 10.9 Å². The summed E-state index contributed by atoms with van der Waals surface area (Å²) in [5, 5.41) is 14.4. The summed E-state index contributed by atoms with van der Waals surface area (Å²) in [5.41, 5.74) is 1.12. The standard InChI is InChI=1S/C10H9N3O2S/c1-6-5-16-10(12-6)13-8-4-7(9(14)15)2-3-11-8/h2-5H,1H3,(H,14,15)(H,11,12,13). The van der Waals surface area contributed by atoms with Crippen molar-refractivity contribution in [3.8, 4) is 0 Å². The van der Waals surface area contributed by atoms with Crippen molar-refractivity contribution in [1.29, 1.82) is 0 Å². The van der Waals surface area contributed by atoms with Crippen molar-refractivity contribution in [2.75, 3.05) is 5.32 Å². The zero-order valence-electron chi connectivity index (χ0n) is 8.47. The third-order valence-corrected chi connectivity index (χ3v) is 2.74. The van der Waals surface area contributed by atoms with Crippen LogP contribution in [0.1, 0.15) is 16.1 Å². The van der Waals surface area contributed by atoms with Gasteiger partial charge in [0.1, 0.15) is 5.82 Å². The van der Waals surface area contributed by atoms with E-state index in [0.717, 1.165) is 5.69 Å². The topological polar surface area (TPSA) is 75.1 Å². The molecule has 2 aromatic rings. The Hall–Kier alpha value is -1.95. The first-order valence-electron chi connectivity index (χ1n) is 4.53. The van der Waals surface area contributed by atoms with Crippen molar-refractivity contribution in [2.24, 2.45) is 0 Å². The van der Waals surface area contributed by atoms with E-state index in [0.29, 0.717) is 10.9 Å². The van der Waals surface area contributed by atoms with Gasteiger partial charge in [0.15, 0.2) is 5.13 Å². The van der Waals surface area contributed by atoms with Crippen LogP contribution < -0.4 is 5.32 Å². The molecule has 0 spiro atoms. The summed E-state index contributed by atoms with van der Waals surface area (Å²) in [6.07, 6.45) is 1.45. The van der Waals surface area contributed by atoms with Crippen molar-refractivity contribution in [1.82, 2.24) is 9.97 Å². The molecule has 0 saturated heterocycles. The van der Waals surface area contributed by atoms with E-state index in [9.17, 15) is 4.79 Å². The first-order chi connectivity index (χ1) is 7.65. The minimum Gasteiger partial charge on any atom is -0.478 e. The summed E-state index contributed by atoms with van der Waals surface area (Å²) >= 11 is 1.45. The number of carboxylic acid groups (broad SMARTS) is 1. The first kappa shape index (κ1) is 10.6. The van der Waals surface area contributed by atoms with E-state index in [2.05, 4.69) is 15.3 Å². The lowest BCUT2D eigenvalue weighted by atomic mass is 10.3. The highest BCUT2D eigenvalue weighted by atomic mass is 32.1. The minimum atomic E-state index is -0.972. The van der Waals surface area contributed by atoms with Crippen LogP contribution >= 0.6 is 11.3 Å². The normalized spacial score (nSPS) is 10.1. The summed E-state index contributed by atoms with van der Waals surface area (Å²) in [6, 6.07) is 2.92. The van der Waals surface area contributed by atoms with Crippen molar-refractivity contribution in [3.63, 3.8) is 0 Å². The molecule has 0 amide bonds. The molecule has 0 aromatic carbocycles. The number of pyridine rings is 1. The fourth-order valence-corrected chi connectivity index (χ4v) is 1.85. The molecule has 6 heteroatoms. The third-order valence-electron chi connectivity index (χ3n) is 1.86. The van der Waals surface area contributed by atoms with Gasteiger partial charge in [-0.15, -0.1) is 11.3 Å². The van der Waals surface area contributed by atoms with Gasteiger partial charge in [-0.3, -0.25) is 0 Å². The number of anilines is 2. The van der Waals surface area contributed by atoms with Gasteiger partial charge in [-0.25, -0.2) is 14.8 Å². The van der Waals surface area contributed by atoms with E-state index in [-0.39, 0.29) is 5.56 Å². The van der Waals surface area contributed by atoms with Gasteiger partial charge in [-0.2, -0.15) is 0 Å². The second-order valence-electron chi connectivity index (χ2n) is 3.15. The monoisotopic (exact) mass is 235 g/mol. The number of hydrogen-bond donors (Lipinski definition) is 2. The molecule has 0 unspecified atom stereocenters. The number of aryl methyl sites for hydroxylation is 1. The van der Waals surface area contributed by atoms with Crippen LogP contribution in [0.25, 0.3) is 0 Å². The number of aromatic carboxylic acids is 1. The molecule has 0 aliphatic carbocycles. The van der Waals surface area contributed by atoms with Crippen LogP contribution in [-0.4, -0.2) is 21.0 Å². The van der Waals surface area contributed by atoms with E-state index in [1.807, 2.05) is 12.3 Å². The van der Waals surface area contributed by atoms with E-state index < -0.39 is 5.97 Å². The molecule has 5 nitrogen and oxygen atoms in total. The molecule has 2 aromatic heterocycles. The molecular formula is C10H9N3O2S. The Morgan fingerprint density at radius 1 is 1.56 bits per heavy atom. The van der Waals surface area contributed by atoms with Gasteiger partial charge < -0.3 is 10.4 Å². The Morgan fingerprint density at radius 3 is 3.00 bits per heavy atom. The van der Waals surface area contributed by atoms with E-state index in [4.69, 9.17) is 5.11 Å². The summed E-state index contributed by atoms with van der Waals surface area (Å²) < 4.78 is 0. The maximum absolute atomic E-state index is 10.7. The number of rotatable bonds is 3. The first-order valence-corrected chi connectivity index (χ1v) is 5.41. The van der Waals surface area contributed by atoms with Gasteiger partial charge in [-0.1, -0.05) is 0 Å². The highest BCUT2D eigenvalue weighted by molar-refractivity contribution is 7.13. The second-order valence-corrected chi connectivity index (χ2v) is 4.01. The minimum absolute atomic E-state index is 0.200. The summed E-state index contributed by atoms with van der Waals surface area (Å²) in [6.45, 7) is 1.89. The lowest BCUT2D eigenvalue weighted by Gasteiger charge is -2.01. The summed E-state index contributed by atoms with van der Waals surface area (Å²) in [4.78, 5) is 19.0. The zero-order valence-corrected chi connectivity index (χ0v) is 9.28. The number of nitrogens with one attached hydrogen (secondary N) is 1. The molecule has 16 heavy (non-hydrogen) atoms. The van der Waals surface area contributed by atoms with Crippen LogP contribution in [0.15, 0.2) is 23.7 Å². The molecule has 0 fully saturated rings. The Balaban J connectivity index is 2.21. The molecule has 2 rings (SSSR count). The molecule has 0 atom stereocenters. The van der Waals surface area contributed by atoms with Gasteiger partial charge in [0.05, 0.1) is 11.3 Å². The quantitative estimate of drug-likeness (QED) is 0.853. The zero-order chi connectivity index (χ0) is 11.5. The number of carbonyl (C=O) groups is 1. The fraction of sp³-hybridized carbons (Fsp3) is 0.100.